The van der Waals surface area contributed by atoms with Crippen molar-refractivity contribution in [3.05, 3.63) is 29.6 Å². The number of hydrogen-bond acceptors (Lipinski definition) is 4. The van der Waals surface area contributed by atoms with Gasteiger partial charge in [0.15, 0.2) is 9.84 Å². The van der Waals surface area contributed by atoms with Crippen molar-refractivity contribution in [3.8, 4) is 6.07 Å². The van der Waals surface area contributed by atoms with E-state index in [4.69, 9.17) is 5.26 Å². The zero-order chi connectivity index (χ0) is 12.4. The lowest BCUT2D eigenvalue weighted by Crippen LogP contribution is -2.29. The van der Waals surface area contributed by atoms with Gasteiger partial charge in [-0.15, -0.1) is 0 Å². The maximum Gasteiger partial charge on any atom is 0.159 e. The van der Waals surface area contributed by atoms with Crippen LogP contribution in [0.15, 0.2) is 18.3 Å². The highest BCUT2D eigenvalue weighted by Crippen LogP contribution is 2.20. The molecule has 0 fully saturated rings. The molecule has 0 radical (unpaired) electrons. The number of nitriles is 1. The summed E-state index contributed by atoms with van der Waals surface area (Å²) in [6, 6.07) is 5.00. The fourth-order valence-electron chi connectivity index (χ4n) is 1.06. The van der Waals surface area contributed by atoms with E-state index in [2.05, 4.69) is 4.98 Å². The van der Waals surface area contributed by atoms with Crippen LogP contribution in [0.4, 0.5) is 0 Å². The summed E-state index contributed by atoms with van der Waals surface area (Å²) in [6.45, 7) is 4.98. The van der Waals surface area contributed by atoms with Crippen molar-refractivity contribution in [1.82, 2.24) is 4.98 Å². The predicted octanol–water partition coefficient (Wildman–Crippen LogP) is 1.67. The van der Waals surface area contributed by atoms with Gasteiger partial charge in [-0.05, 0) is 38.5 Å². The molecule has 86 valence electrons. The van der Waals surface area contributed by atoms with E-state index in [1.54, 1.807) is 26.8 Å². The SMILES string of the molecule is CC(C)(C)S(=O)(=O)Cc1ccnc(C#N)c1. The molecule has 0 aromatic carbocycles. The van der Waals surface area contributed by atoms with Gasteiger partial charge in [0.1, 0.15) is 11.8 Å². The van der Waals surface area contributed by atoms with E-state index in [-0.39, 0.29) is 11.4 Å². The first-order valence-corrected chi connectivity index (χ1v) is 6.49. The van der Waals surface area contributed by atoms with Crippen LogP contribution in [0.5, 0.6) is 0 Å². The molecule has 1 heterocycles. The van der Waals surface area contributed by atoms with Crippen molar-refractivity contribution in [2.75, 3.05) is 0 Å². The summed E-state index contributed by atoms with van der Waals surface area (Å²) in [7, 11) is -3.21. The van der Waals surface area contributed by atoms with Crippen LogP contribution >= 0.6 is 0 Å². The summed E-state index contributed by atoms with van der Waals surface area (Å²) in [5.74, 6) is -0.0618. The second-order valence-corrected chi connectivity index (χ2v) is 7.28. The molecule has 1 rings (SSSR count). The van der Waals surface area contributed by atoms with Crippen molar-refractivity contribution >= 4 is 9.84 Å². The smallest absolute Gasteiger partial charge is 0.159 e. The van der Waals surface area contributed by atoms with Gasteiger partial charge in [-0.1, -0.05) is 0 Å². The average molecular weight is 238 g/mol. The molecule has 0 spiro atoms. The third-order valence-corrected chi connectivity index (χ3v) is 4.81. The minimum atomic E-state index is -3.21. The zero-order valence-electron chi connectivity index (χ0n) is 9.56. The fourth-order valence-corrected chi connectivity index (χ4v) is 2.11. The Labute approximate surface area is 95.9 Å². The molecule has 1 aromatic rings. The molecule has 0 aliphatic rings. The summed E-state index contributed by atoms with van der Waals surface area (Å²) in [5, 5.41) is 8.66. The van der Waals surface area contributed by atoms with Crippen LogP contribution in [-0.4, -0.2) is 18.1 Å². The van der Waals surface area contributed by atoms with Crippen LogP contribution in [-0.2, 0) is 15.6 Å². The van der Waals surface area contributed by atoms with Gasteiger partial charge >= 0.3 is 0 Å². The fraction of sp³-hybridized carbons (Fsp3) is 0.455. The molecule has 0 atom stereocenters. The Hall–Kier alpha value is -1.41. The van der Waals surface area contributed by atoms with E-state index in [0.717, 1.165) is 0 Å². The Morgan fingerprint density at radius 3 is 2.56 bits per heavy atom. The molecule has 0 amide bonds. The summed E-state index contributed by atoms with van der Waals surface area (Å²) in [6.07, 6.45) is 1.45. The Bertz CT molecular complexity index is 522. The van der Waals surface area contributed by atoms with Gasteiger partial charge in [0.05, 0.1) is 10.5 Å². The lowest BCUT2D eigenvalue weighted by atomic mass is 10.2. The van der Waals surface area contributed by atoms with Crippen LogP contribution in [0.3, 0.4) is 0 Å². The molecule has 0 unspecified atom stereocenters. The zero-order valence-corrected chi connectivity index (χ0v) is 10.4. The van der Waals surface area contributed by atoms with Crippen LogP contribution in [0.2, 0.25) is 0 Å². The molecule has 0 bridgehead atoms. The normalized spacial score (nSPS) is 12.1. The molecular weight excluding hydrogens is 224 g/mol. The lowest BCUT2D eigenvalue weighted by molar-refractivity contribution is 0.559. The number of pyridine rings is 1. The number of aromatic nitrogens is 1. The van der Waals surface area contributed by atoms with Gasteiger partial charge in [-0.3, -0.25) is 0 Å². The molecule has 0 aliphatic heterocycles. The van der Waals surface area contributed by atoms with E-state index in [0.29, 0.717) is 5.56 Å². The highest BCUT2D eigenvalue weighted by atomic mass is 32.2. The quantitative estimate of drug-likeness (QED) is 0.785. The standard InChI is InChI=1S/C11H14N2O2S/c1-11(2,3)16(14,15)8-9-4-5-13-10(6-9)7-12/h4-6H,8H2,1-3H3. The molecule has 0 N–H and O–H groups in total. The lowest BCUT2D eigenvalue weighted by Gasteiger charge is -2.18. The van der Waals surface area contributed by atoms with Crippen LogP contribution in [0.1, 0.15) is 32.0 Å². The molecule has 4 nitrogen and oxygen atoms in total. The highest BCUT2D eigenvalue weighted by molar-refractivity contribution is 7.91. The van der Waals surface area contributed by atoms with Gasteiger partial charge in [-0.25, -0.2) is 13.4 Å². The first-order chi connectivity index (χ1) is 7.26. The molecule has 16 heavy (non-hydrogen) atoms. The van der Waals surface area contributed by atoms with E-state index in [9.17, 15) is 8.42 Å². The molecule has 5 heteroatoms. The maximum atomic E-state index is 11.9. The van der Waals surface area contributed by atoms with Crippen molar-refractivity contribution in [3.63, 3.8) is 0 Å². The Morgan fingerprint density at radius 2 is 2.06 bits per heavy atom. The average Bonchev–Trinajstić information content (AvgIpc) is 2.15. The van der Waals surface area contributed by atoms with Gasteiger partial charge in [0, 0.05) is 6.20 Å². The van der Waals surface area contributed by atoms with Crippen LogP contribution in [0.25, 0.3) is 0 Å². The van der Waals surface area contributed by atoms with E-state index >= 15 is 0 Å². The Balaban J connectivity index is 3.03. The molecule has 0 saturated heterocycles. The summed E-state index contributed by atoms with van der Waals surface area (Å²) >= 11 is 0. The predicted molar refractivity (Wildman–Crippen MR) is 61.3 cm³/mol. The van der Waals surface area contributed by atoms with Crippen molar-refractivity contribution in [1.29, 1.82) is 5.26 Å². The second kappa shape index (κ2) is 4.22. The van der Waals surface area contributed by atoms with Gasteiger partial charge in [0.2, 0.25) is 0 Å². The van der Waals surface area contributed by atoms with Gasteiger partial charge < -0.3 is 0 Å². The Morgan fingerprint density at radius 1 is 1.44 bits per heavy atom. The van der Waals surface area contributed by atoms with Crippen LogP contribution < -0.4 is 0 Å². The number of rotatable bonds is 2. The molecule has 1 aromatic heterocycles. The van der Waals surface area contributed by atoms with Crippen molar-refractivity contribution in [2.24, 2.45) is 0 Å². The number of sulfone groups is 1. The van der Waals surface area contributed by atoms with Crippen molar-refractivity contribution < 1.29 is 8.42 Å². The van der Waals surface area contributed by atoms with E-state index in [1.165, 1.54) is 12.3 Å². The third-order valence-electron chi connectivity index (χ3n) is 2.23. The minimum absolute atomic E-state index is 0.0618. The van der Waals surface area contributed by atoms with Crippen molar-refractivity contribution in [2.45, 2.75) is 31.3 Å². The Kier molecular flexibility index (Phi) is 3.34. The first-order valence-electron chi connectivity index (χ1n) is 4.83. The summed E-state index contributed by atoms with van der Waals surface area (Å²) in [4.78, 5) is 3.79. The molecule has 0 saturated carbocycles. The first kappa shape index (κ1) is 12.7. The van der Waals surface area contributed by atoms with Crippen LogP contribution in [0, 0.1) is 11.3 Å². The molecular formula is C11H14N2O2S. The molecule has 0 aliphatic carbocycles. The summed E-state index contributed by atoms with van der Waals surface area (Å²) in [5.41, 5.74) is 0.836. The second-order valence-electron chi connectivity index (χ2n) is 4.53. The topological polar surface area (TPSA) is 70.8 Å². The number of nitrogens with zero attached hydrogens (tertiary/aromatic N) is 2. The van der Waals surface area contributed by atoms with Gasteiger partial charge in [-0.2, -0.15) is 5.26 Å². The third kappa shape index (κ3) is 2.80. The summed E-state index contributed by atoms with van der Waals surface area (Å²) < 4.78 is 23.0. The van der Waals surface area contributed by atoms with E-state index in [1.807, 2.05) is 6.07 Å². The minimum Gasteiger partial charge on any atom is -0.246 e. The highest BCUT2D eigenvalue weighted by Gasteiger charge is 2.28. The van der Waals surface area contributed by atoms with Gasteiger partial charge in [0.25, 0.3) is 0 Å². The van der Waals surface area contributed by atoms with E-state index < -0.39 is 14.6 Å². The monoisotopic (exact) mass is 238 g/mol. The maximum absolute atomic E-state index is 11.9. The number of hydrogen-bond donors (Lipinski definition) is 0. The largest absolute Gasteiger partial charge is 0.246 e.